The molecule has 1 aromatic heterocycles. The number of hydrogen-bond acceptors (Lipinski definition) is 5. The maximum Gasteiger partial charge on any atom is 0.226 e. The maximum absolute atomic E-state index is 11.7. The van der Waals surface area contributed by atoms with Gasteiger partial charge >= 0.3 is 0 Å². The summed E-state index contributed by atoms with van der Waals surface area (Å²) in [7, 11) is 1.56. The molecule has 0 unspecified atom stereocenters. The van der Waals surface area contributed by atoms with Gasteiger partial charge in [-0.25, -0.2) is 4.68 Å². The zero-order valence-corrected chi connectivity index (χ0v) is 9.91. The van der Waals surface area contributed by atoms with Gasteiger partial charge in [0, 0.05) is 6.42 Å². The van der Waals surface area contributed by atoms with Crippen molar-refractivity contribution in [2.75, 3.05) is 12.4 Å². The van der Waals surface area contributed by atoms with Crippen LogP contribution in [-0.2, 0) is 11.3 Å². The van der Waals surface area contributed by atoms with Crippen LogP contribution in [0.3, 0.4) is 0 Å². The number of ether oxygens (including phenoxy) is 1. The number of carbonyl (C=O) groups is 1. The third-order valence-electron chi connectivity index (χ3n) is 2.34. The van der Waals surface area contributed by atoms with Gasteiger partial charge in [-0.1, -0.05) is 12.1 Å². The van der Waals surface area contributed by atoms with E-state index in [1.165, 1.54) is 11.0 Å². The Morgan fingerprint density at radius 1 is 1.44 bits per heavy atom. The molecule has 94 valence electrons. The van der Waals surface area contributed by atoms with Crippen LogP contribution in [0.5, 0.6) is 5.75 Å². The number of carbonyl (C=O) groups excluding carboxylic acids is 1. The first-order valence-corrected chi connectivity index (χ1v) is 5.43. The minimum atomic E-state index is -0.116. The van der Waals surface area contributed by atoms with Crippen LogP contribution in [-0.4, -0.2) is 33.2 Å². The number of hydrogen-bond donors (Lipinski definition) is 1. The highest BCUT2D eigenvalue weighted by atomic mass is 16.5. The van der Waals surface area contributed by atoms with Gasteiger partial charge in [-0.3, -0.25) is 4.79 Å². The molecule has 0 saturated carbocycles. The predicted molar refractivity (Wildman–Crippen MR) is 64.1 cm³/mol. The second kappa shape index (κ2) is 5.76. The van der Waals surface area contributed by atoms with Crippen LogP contribution < -0.4 is 10.1 Å². The number of anilines is 1. The molecule has 0 atom stereocenters. The highest BCUT2D eigenvalue weighted by Crippen LogP contribution is 2.22. The van der Waals surface area contributed by atoms with Gasteiger partial charge in [-0.2, -0.15) is 0 Å². The summed E-state index contributed by atoms with van der Waals surface area (Å²) in [5, 5.41) is 13.4. The van der Waals surface area contributed by atoms with Gasteiger partial charge in [0.1, 0.15) is 12.1 Å². The number of nitrogens with one attached hydrogen (secondary N) is 1. The summed E-state index contributed by atoms with van der Waals surface area (Å²) >= 11 is 0. The van der Waals surface area contributed by atoms with E-state index in [0.29, 0.717) is 24.4 Å². The van der Waals surface area contributed by atoms with E-state index >= 15 is 0 Å². The molecule has 2 rings (SSSR count). The second-order valence-corrected chi connectivity index (χ2v) is 3.57. The number of para-hydroxylation sites is 2. The van der Waals surface area contributed by atoms with E-state index in [9.17, 15) is 4.79 Å². The summed E-state index contributed by atoms with van der Waals surface area (Å²) in [6.45, 7) is 0.438. The van der Waals surface area contributed by atoms with E-state index in [-0.39, 0.29) is 5.91 Å². The van der Waals surface area contributed by atoms with Crippen LogP contribution >= 0.6 is 0 Å². The van der Waals surface area contributed by atoms with E-state index < -0.39 is 0 Å². The van der Waals surface area contributed by atoms with E-state index in [2.05, 4.69) is 20.8 Å². The van der Waals surface area contributed by atoms with Crippen molar-refractivity contribution in [1.29, 1.82) is 0 Å². The number of nitrogens with zero attached hydrogens (tertiary/aromatic N) is 4. The van der Waals surface area contributed by atoms with E-state index in [4.69, 9.17) is 4.74 Å². The summed E-state index contributed by atoms with van der Waals surface area (Å²) in [5.41, 5.74) is 0.654. The fourth-order valence-corrected chi connectivity index (χ4v) is 1.46. The number of aromatic nitrogens is 4. The Morgan fingerprint density at radius 3 is 3.00 bits per heavy atom. The Kier molecular flexibility index (Phi) is 3.85. The first kappa shape index (κ1) is 12.0. The van der Waals surface area contributed by atoms with Gasteiger partial charge in [-0.15, -0.1) is 5.10 Å². The molecule has 1 aromatic carbocycles. The molecule has 0 saturated heterocycles. The molecule has 1 N–H and O–H groups in total. The first-order chi connectivity index (χ1) is 8.79. The van der Waals surface area contributed by atoms with Crippen LogP contribution in [0.25, 0.3) is 0 Å². The van der Waals surface area contributed by atoms with Gasteiger partial charge in [0.25, 0.3) is 0 Å². The Morgan fingerprint density at radius 2 is 2.28 bits per heavy atom. The fraction of sp³-hybridized carbons (Fsp3) is 0.273. The van der Waals surface area contributed by atoms with Crippen molar-refractivity contribution < 1.29 is 9.53 Å². The highest BCUT2D eigenvalue weighted by Gasteiger charge is 2.07. The van der Waals surface area contributed by atoms with Crippen LogP contribution in [0.2, 0.25) is 0 Å². The van der Waals surface area contributed by atoms with Gasteiger partial charge in [0.15, 0.2) is 0 Å². The normalized spacial score (nSPS) is 10.1. The average Bonchev–Trinajstić information content (AvgIpc) is 2.90. The molecule has 0 spiro atoms. The van der Waals surface area contributed by atoms with Crippen LogP contribution in [0.4, 0.5) is 5.69 Å². The lowest BCUT2D eigenvalue weighted by Gasteiger charge is -2.09. The average molecular weight is 247 g/mol. The van der Waals surface area contributed by atoms with Crippen molar-refractivity contribution in [3.63, 3.8) is 0 Å². The van der Waals surface area contributed by atoms with Crippen LogP contribution in [0.15, 0.2) is 30.6 Å². The third-order valence-corrected chi connectivity index (χ3v) is 2.34. The van der Waals surface area contributed by atoms with Crippen molar-refractivity contribution in [3.05, 3.63) is 30.6 Å². The minimum absolute atomic E-state index is 0.116. The zero-order valence-electron chi connectivity index (χ0n) is 9.91. The fourth-order valence-electron chi connectivity index (χ4n) is 1.46. The number of benzene rings is 1. The topological polar surface area (TPSA) is 81.9 Å². The molecule has 1 amide bonds. The van der Waals surface area contributed by atoms with Crippen molar-refractivity contribution in [2.45, 2.75) is 13.0 Å². The lowest BCUT2D eigenvalue weighted by atomic mass is 10.3. The molecule has 7 heteroatoms. The lowest BCUT2D eigenvalue weighted by molar-refractivity contribution is -0.116. The van der Waals surface area contributed by atoms with Crippen LogP contribution in [0.1, 0.15) is 6.42 Å². The molecule has 0 aliphatic heterocycles. The smallest absolute Gasteiger partial charge is 0.226 e. The minimum Gasteiger partial charge on any atom is -0.495 e. The maximum atomic E-state index is 11.7. The zero-order chi connectivity index (χ0) is 12.8. The molecule has 0 radical (unpaired) electrons. The largest absolute Gasteiger partial charge is 0.495 e. The van der Waals surface area contributed by atoms with Gasteiger partial charge < -0.3 is 10.1 Å². The molecule has 0 fully saturated rings. The number of rotatable bonds is 5. The Hall–Kier alpha value is -2.44. The molecule has 7 nitrogen and oxygen atoms in total. The van der Waals surface area contributed by atoms with Crippen molar-refractivity contribution >= 4 is 11.6 Å². The third kappa shape index (κ3) is 3.03. The van der Waals surface area contributed by atoms with Gasteiger partial charge in [0.2, 0.25) is 5.91 Å². The summed E-state index contributed by atoms with van der Waals surface area (Å²) in [6.07, 6.45) is 1.76. The molecular formula is C11H13N5O2. The standard InChI is InChI=1S/C11H13N5O2/c1-18-10-5-3-2-4-9(10)13-11(17)6-7-16-8-12-14-15-16/h2-5,8H,6-7H2,1H3,(H,13,17). The summed E-state index contributed by atoms with van der Waals surface area (Å²) in [4.78, 5) is 11.7. The quantitative estimate of drug-likeness (QED) is 0.841. The summed E-state index contributed by atoms with van der Waals surface area (Å²) in [6, 6.07) is 7.25. The van der Waals surface area contributed by atoms with Crippen LogP contribution in [0, 0.1) is 0 Å². The molecule has 18 heavy (non-hydrogen) atoms. The molecular weight excluding hydrogens is 234 g/mol. The molecule has 0 aliphatic rings. The van der Waals surface area contributed by atoms with E-state index in [1.54, 1.807) is 19.2 Å². The molecule has 0 bridgehead atoms. The Bertz CT molecular complexity index is 512. The number of amides is 1. The van der Waals surface area contributed by atoms with Crippen molar-refractivity contribution in [2.24, 2.45) is 0 Å². The Labute approximate surface area is 104 Å². The summed E-state index contributed by atoms with van der Waals surface area (Å²) in [5.74, 6) is 0.517. The van der Waals surface area contributed by atoms with E-state index in [1.807, 2.05) is 12.1 Å². The molecule has 2 aromatic rings. The second-order valence-electron chi connectivity index (χ2n) is 3.57. The number of aryl methyl sites for hydroxylation is 1. The SMILES string of the molecule is COc1ccccc1NC(=O)CCn1cnnn1. The van der Waals surface area contributed by atoms with Gasteiger partial charge in [0.05, 0.1) is 19.3 Å². The Balaban J connectivity index is 1.90. The highest BCUT2D eigenvalue weighted by molar-refractivity contribution is 5.92. The number of methoxy groups -OCH3 is 1. The predicted octanol–water partition coefficient (Wildman–Crippen LogP) is 0.710. The molecule has 0 aliphatic carbocycles. The van der Waals surface area contributed by atoms with Crippen molar-refractivity contribution in [1.82, 2.24) is 20.2 Å². The molecule has 1 heterocycles. The summed E-state index contributed by atoms with van der Waals surface area (Å²) < 4.78 is 6.65. The van der Waals surface area contributed by atoms with Gasteiger partial charge in [-0.05, 0) is 22.6 Å². The lowest BCUT2D eigenvalue weighted by Crippen LogP contribution is -2.15. The van der Waals surface area contributed by atoms with Crippen molar-refractivity contribution in [3.8, 4) is 5.75 Å². The first-order valence-electron chi connectivity index (χ1n) is 5.43. The number of tetrazole rings is 1. The monoisotopic (exact) mass is 247 g/mol. The van der Waals surface area contributed by atoms with E-state index in [0.717, 1.165) is 0 Å².